The van der Waals surface area contributed by atoms with Crippen molar-refractivity contribution >= 4 is 28.3 Å². The number of anilines is 1. The molecule has 2 saturated heterocycles. The highest BCUT2D eigenvalue weighted by atomic mass is 32.1. The average molecular weight is 585 g/mol. The number of aromatic nitrogens is 1. The summed E-state index contributed by atoms with van der Waals surface area (Å²) < 4.78 is 6.35. The van der Waals surface area contributed by atoms with Crippen molar-refractivity contribution in [2.45, 2.75) is 46.1 Å². The normalized spacial score (nSPS) is 22.2. The number of fused-ring (bicyclic) bond motifs is 2. The second-order valence-corrected chi connectivity index (χ2v) is 12.8. The lowest BCUT2D eigenvalue weighted by Gasteiger charge is -2.35. The number of carboxylic acids is 1. The lowest BCUT2D eigenvalue weighted by molar-refractivity contribution is -0.144. The number of aliphatic carboxylic acids is 1. The molecular formula is C33H36N4O4S. The van der Waals surface area contributed by atoms with E-state index in [0.29, 0.717) is 25.3 Å². The van der Waals surface area contributed by atoms with Crippen LogP contribution >= 0.6 is 11.3 Å². The molecule has 9 heteroatoms. The molecule has 218 valence electrons. The number of aryl methyl sites for hydroxylation is 2. The Bertz CT molecular complexity index is 1520. The molecular weight excluding hydrogens is 548 g/mol. The van der Waals surface area contributed by atoms with Crippen LogP contribution in [0.4, 0.5) is 5.13 Å². The molecule has 2 aromatic carbocycles. The fourth-order valence-corrected chi connectivity index (χ4v) is 7.67. The fourth-order valence-electron chi connectivity index (χ4n) is 6.83. The first-order valence-corrected chi connectivity index (χ1v) is 15.6. The molecule has 3 aliphatic rings. The first kappa shape index (κ1) is 28.2. The van der Waals surface area contributed by atoms with Gasteiger partial charge in [-0.25, -0.2) is 4.98 Å². The van der Waals surface area contributed by atoms with Crippen LogP contribution in [-0.4, -0.2) is 53.0 Å². The molecule has 3 atom stereocenters. The minimum absolute atomic E-state index is 0.0160. The van der Waals surface area contributed by atoms with E-state index in [1.165, 1.54) is 0 Å². The van der Waals surface area contributed by atoms with Gasteiger partial charge in [0.05, 0.1) is 17.7 Å². The summed E-state index contributed by atoms with van der Waals surface area (Å²) in [6, 6.07) is 14.2. The Balaban J connectivity index is 1.14. The highest BCUT2D eigenvalue weighted by Crippen LogP contribution is 2.44. The number of likely N-dealkylation sites (tertiary alicyclic amines) is 1. The van der Waals surface area contributed by atoms with E-state index < -0.39 is 5.97 Å². The summed E-state index contributed by atoms with van der Waals surface area (Å²) in [6.45, 7) is 7.15. The van der Waals surface area contributed by atoms with Gasteiger partial charge >= 0.3 is 5.97 Å². The number of ether oxygens (including phenoxy) is 1. The van der Waals surface area contributed by atoms with Crippen LogP contribution in [0.1, 0.15) is 52.7 Å². The van der Waals surface area contributed by atoms with E-state index in [4.69, 9.17) is 15.0 Å². The van der Waals surface area contributed by atoms with Crippen LogP contribution < -0.4 is 9.64 Å². The van der Waals surface area contributed by atoms with Crippen molar-refractivity contribution in [1.82, 2.24) is 9.88 Å². The summed E-state index contributed by atoms with van der Waals surface area (Å²) in [6.07, 6.45) is 3.41. The summed E-state index contributed by atoms with van der Waals surface area (Å²) in [5, 5.41) is 21.8. The molecule has 2 bridgehead atoms. The molecule has 1 aromatic heterocycles. The maximum atomic E-state index is 13.0. The molecule has 1 amide bonds. The molecule has 0 spiro atoms. The minimum atomic E-state index is -0.656. The van der Waals surface area contributed by atoms with Crippen LogP contribution in [0.5, 0.6) is 5.75 Å². The van der Waals surface area contributed by atoms with Crippen LogP contribution in [0.25, 0.3) is 11.3 Å². The number of amides is 1. The largest absolute Gasteiger partial charge is 0.488 e. The third-order valence-electron chi connectivity index (χ3n) is 9.23. The smallest absolute Gasteiger partial charge is 0.307 e. The minimum Gasteiger partial charge on any atom is -0.488 e. The quantitative estimate of drug-likeness (QED) is 0.367. The number of nitrogens with zero attached hydrogens (tertiary/aromatic N) is 4. The zero-order valence-electron chi connectivity index (χ0n) is 24.1. The molecule has 1 unspecified atom stereocenters. The van der Waals surface area contributed by atoms with Crippen molar-refractivity contribution < 1.29 is 19.4 Å². The van der Waals surface area contributed by atoms with Crippen molar-refractivity contribution in [2.24, 2.45) is 23.7 Å². The standard InChI is InChI=1S/C33H36N4O4S/c1-20-3-8-29(41-18-26-7-4-23(14-21(26)2)31(38)36-11-9-22(15-34)10-12-36)27(13-20)28-19-42-33(35-28)37-16-24-5-6-25(17-37)30(24)32(39)40/h3-4,7-8,13-14,19,22,24-25,30H,5-6,9-12,16-18H2,1-2H3,(H,39,40)/t24-,25+,30?. The molecule has 42 heavy (non-hydrogen) atoms. The first-order chi connectivity index (χ1) is 20.3. The zero-order chi connectivity index (χ0) is 29.4. The summed E-state index contributed by atoms with van der Waals surface area (Å²) >= 11 is 1.60. The van der Waals surface area contributed by atoms with E-state index in [0.717, 1.165) is 77.6 Å². The molecule has 3 aromatic rings. The van der Waals surface area contributed by atoms with E-state index in [1.807, 2.05) is 42.2 Å². The number of hydrogen-bond donors (Lipinski definition) is 1. The topological polar surface area (TPSA) is 107 Å². The van der Waals surface area contributed by atoms with Crippen LogP contribution in [0, 0.1) is 48.9 Å². The van der Waals surface area contributed by atoms with Gasteiger partial charge in [-0.15, -0.1) is 11.3 Å². The Kier molecular flexibility index (Phi) is 7.91. The van der Waals surface area contributed by atoms with Crippen molar-refractivity contribution in [3.8, 4) is 23.1 Å². The van der Waals surface area contributed by atoms with Crippen LogP contribution in [0.15, 0.2) is 41.8 Å². The molecule has 1 aliphatic carbocycles. The van der Waals surface area contributed by atoms with Gasteiger partial charge in [0.15, 0.2) is 5.13 Å². The number of thiazole rings is 1. The first-order valence-electron chi connectivity index (χ1n) is 14.8. The van der Waals surface area contributed by atoms with E-state index in [1.54, 1.807) is 11.3 Å². The van der Waals surface area contributed by atoms with Gasteiger partial charge < -0.3 is 19.6 Å². The summed E-state index contributed by atoms with van der Waals surface area (Å²) in [4.78, 5) is 33.9. The van der Waals surface area contributed by atoms with Gasteiger partial charge in [-0.2, -0.15) is 5.26 Å². The van der Waals surface area contributed by atoms with Gasteiger partial charge in [-0.05, 0) is 86.8 Å². The number of carbonyl (C=O) groups is 2. The van der Waals surface area contributed by atoms with Gasteiger partial charge in [0.1, 0.15) is 12.4 Å². The Morgan fingerprint density at radius 2 is 1.81 bits per heavy atom. The number of rotatable bonds is 7. The summed E-state index contributed by atoms with van der Waals surface area (Å²) in [5.41, 5.74) is 5.59. The van der Waals surface area contributed by atoms with E-state index in [2.05, 4.69) is 29.3 Å². The van der Waals surface area contributed by atoms with Gasteiger partial charge in [0.2, 0.25) is 0 Å². The van der Waals surface area contributed by atoms with Crippen molar-refractivity contribution in [3.63, 3.8) is 0 Å². The number of nitriles is 1. The predicted molar refractivity (Wildman–Crippen MR) is 162 cm³/mol. The van der Waals surface area contributed by atoms with Crippen LogP contribution in [0.3, 0.4) is 0 Å². The number of carbonyl (C=O) groups excluding carboxylic acids is 1. The SMILES string of the molecule is Cc1ccc(OCc2ccc(C(=O)N3CCC(C#N)CC3)cc2C)c(-c2csc(N3C[C@H]4CC[C@@H](C3)C4C(=O)O)n2)c1. The Labute approximate surface area is 250 Å². The van der Waals surface area contributed by atoms with Crippen molar-refractivity contribution in [2.75, 3.05) is 31.1 Å². The molecule has 3 fully saturated rings. The van der Waals surface area contributed by atoms with Crippen molar-refractivity contribution in [1.29, 1.82) is 5.26 Å². The van der Waals surface area contributed by atoms with E-state index in [-0.39, 0.29) is 29.6 Å². The summed E-state index contributed by atoms with van der Waals surface area (Å²) in [5.74, 6) is 0.305. The maximum Gasteiger partial charge on any atom is 0.307 e. The lowest BCUT2D eigenvalue weighted by atomic mass is 9.85. The number of benzene rings is 2. The molecule has 1 N–H and O–H groups in total. The highest BCUT2D eigenvalue weighted by Gasteiger charge is 2.46. The Morgan fingerprint density at radius 3 is 2.48 bits per heavy atom. The van der Waals surface area contributed by atoms with Gasteiger partial charge in [0.25, 0.3) is 5.91 Å². The number of carboxylic acid groups (broad SMARTS) is 1. The molecule has 1 saturated carbocycles. The number of hydrogen-bond acceptors (Lipinski definition) is 7. The maximum absolute atomic E-state index is 13.0. The Morgan fingerprint density at radius 1 is 1.07 bits per heavy atom. The zero-order valence-corrected chi connectivity index (χ0v) is 24.9. The van der Waals surface area contributed by atoms with E-state index >= 15 is 0 Å². The third kappa shape index (κ3) is 5.60. The molecule has 0 radical (unpaired) electrons. The second kappa shape index (κ2) is 11.8. The highest BCUT2D eigenvalue weighted by molar-refractivity contribution is 7.14. The monoisotopic (exact) mass is 584 g/mol. The lowest BCUT2D eigenvalue weighted by Crippen LogP contribution is -2.44. The van der Waals surface area contributed by atoms with E-state index in [9.17, 15) is 14.7 Å². The Hall–Kier alpha value is -3.90. The van der Waals surface area contributed by atoms with Crippen LogP contribution in [0.2, 0.25) is 0 Å². The molecule has 8 nitrogen and oxygen atoms in total. The molecule has 3 heterocycles. The van der Waals surface area contributed by atoms with Gasteiger partial charge in [-0.1, -0.05) is 17.7 Å². The van der Waals surface area contributed by atoms with Gasteiger partial charge in [0, 0.05) is 48.6 Å². The molecule has 2 aliphatic heterocycles. The van der Waals surface area contributed by atoms with Gasteiger partial charge in [-0.3, -0.25) is 9.59 Å². The number of piperidine rings is 2. The summed E-state index contributed by atoms with van der Waals surface area (Å²) in [7, 11) is 0. The average Bonchev–Trinajstić information content (AvgIpc) is 3.59. The molecule has 6 rings (SSSR count). The van der Waals surface area contributed by atoms with Crippen molar-refractivity contribution in [3.05, 3.63) is 64.0 Å². The predicted octanol–water partition coefficient (Wildman–Crippen LogP) is 5.93. The fraction of sp³-hybridized carbons (Fsp3) is 0.455. The second-order valence-electron chi connectivity index (χ2n) is 12.0. The van der Waals surface area contributed by atoms with Crippen LogP contribution in [-0.2, 0) is 11.4 Å². The third-order valence-corrected chi connectivity index (χ3v) is 10.1.